The number of aryl methyl sites for hydroxylation is 2. The first-order valence-corrected chi connectivity index (χ1v) is 10.9. The van der Waals surface area contributed by atoms with Gasteiger partial charge in [0.2, 0.25) is 0 Å². The van der Waals surface area contributed by atoms with Crippen molar-refractivity contribution in [3.05, 3.63) is 107 Å². The van der Waals surface area contributed by atoms with E-state index in [4.69, 9.17) is 21.3 Å². The van der Waals surface area contributed by atoms with Crippen LogP contribution in [0.4, 0.5) is 21.9 Å². The normalized spacial score (nSPS) is 10.0. The zero-order valence-electron chi connectivity index (χ0n) is 19.6. The molecule has 0 saturated heterocycles. The molecule has 0 atom stereocenters. The van der Waals surface area contributed by atoms with E-state index in [1.54, 1.807) is 54.6 Å². The molecule has 1 aromatic heterocycles. The SMILES string of the molecule is [C-]#[N+]c1ccc(Oc2ccc(C)c(NC(=O)Nc3ccc(C)c(Oc4ccc(C#N)nc4)c3)c2)cc1. The molecular formula is C28H21N5O3. The summed E-state index contributed by atoms with van der Waals surface area (Å²) in [5.41, 5.74) is 3.70. The summed E-state index contributed by atoms with van der Waals surface area (Å²) < 4.78 is 11.7. The third kappa shape index (κ3) is 5.96. The fraction of sp³-hybridized carbons (Fsp3) is 0.0714. The van der Waals surface area contributed by atoms with E-state index in [-0.39, 0.29) is 0 Å². The lowest BCUT2D eigenvalue weighted by atomic mass is 10.2. The molecule has 1 heterocycles. The summed E-state index contributed by atoms with van der Waals surface area (Å²) in [6, 6.07) is 22.3. The molecule has 3 aromatic carbocycles. The van der Waals surface area contributed by atoms with Crippen LogP contribution in [0.5, 0.6) is 23.0 Å². The number of hydrogen-bond donors (Lipinski definition) is 2. The van der Waals surface area contributed by atoms with Crippen LogP contribution in [0.1, 0.15) is 16.8 Å². The largest absolute Gasteiger partial charge is 0.457 e. The van der Waals surface area contributed by atoms with E-state index >= 15 is 0 Å². The first kappa shape index (κ1) is 23.8. The predicted octanol–water partition coefficient (Wildman–Crippen LogP) is 7.35. The maximum absolute atomic E-state index is 12.7. The maximum atomic E-state index is 12.7. The molecule has 4 aromatic rings. The molecule has 0 bridgehead atoms. The smallest absolute Gasteiger partial charge is 0.323 e. The van der Waals surface area contributed by atoms with Gasteiger partial charge in [0.05, 0.1) is 12.8 Å². The van der Waals surface area contributed by atoms with Crippen LogP contribution >= 0.6 is 0 Å². The van der Waals surface area contributed by atoms with Crippen molar-refractivity contribution in [3.63, 3.8) is 0 Å². The van der Waals surface area contributed by atoms with Crippen LogP contribution in [0.2, 0.25) is 0 Å². The summed E-state index contributed by atoms with van der Waals surface area (Å²) in [5.74, 6) is 2.17. The Balaban J connectivity index is 1.43. The Morgan fingerprint density at radius 1 is 0.889 bits per heavy atom. The Kier molecular flexibility index (Phi) is 7.09. The summed E-state index contributed by atoms with van der Waals surface area (Å²) in [7, 11) is 0. The van der Waals surface area contributed by atoms with Crippen molar-refractivity contribution in [2.75, 3.05) is 10.6 Å². The number of pyridine rings is 1. The number of nitrogens with zero attached hydrogens (tertiary/aromatic N) is 3. The minimum absolute atomic E-state index is 0.300. The van der Waals surface area contributed by atoms with Gasteiger partial charge >= 0.3 is 6.03 Å². The second-order valence-corrected chi connectivity index (χ2v) is 7.84. The quantitative estimate of drug-likeness (QED) is 0.284. The van der Waals surface area contributed by atoms with Gasteiger partial charge < -0.3 is 20.1 Å². The van der Waals surface area contributed by atoms with Gasteiger partial charge in [0.25, 0.3) is 0 Å². The molecule has 2 N–H and O–H groups in total. The third-order valence-electron chi connectivity index (χ3n) is 5.18. The molecule has 0 aliphatic heterocycles. The van der Waals surface area contributed by atoms with Gasteiger partial charge in [0.1, 0.15) is 34.8 Å². The molecule has 0 spiro atoms. The number of benzene rings is 3. The summed E-state index contributed by atoms with van der Waals surface area (Å²) in [4.78, 5) is 20.1. The summed E-state index contributed by atoms with van der Waals surface area (Å²) in [5, 5.41) is 14.6. The summed E-state index contributed by atoms with van der Waals surface area (Å²) >= 11 is 0. The number of aromatic nitrogens is 1. The van der Waals surface area contributed by atoms with Crippen molar-refractivity contribution in [2.45, 2.75) is 13.8 Å². The summed E-state index contributed by atoms with van der Waals surface area (Å²) in [6.07, 6.45) is 1.47. The van der Waals surface area contributed by atoms with E-state index < -0.39 is 6.03 Å². The number of carbonyl (C=O) groups is 1. The lowest BCUT2D eigenvalue weighted by Crippen LogP contribution is -2.20. The van der Waals surface area contributed by atoms with Gasteiger partial charge in [-0.25, -0.2) is 14.6 Å². The zero-order valence-corrected chi connectivity index (χ0v) is 19.6. The molecule has 0 aliphatic rings. The molecule has 8 nitrogen and oxygen atoms in total. The first-order valence-electron chi connectivity index (χ1n) is 10.9. The molecule has 0 unspecified atom stereocenters. The van der Waals surface area contributed by atoms with Crippen LogP contribution in [-0.2, 0) is 0 Å². The monoisotopic (exact) mass is 475 g/mol. The fourth-order valence-electron chi connectivity index (χ4n) is 3.23. The van der Waals surface area contributed by atoms with Gasteiger partial charge in [0, 0.05) is 23.5 Å². The van der Waals surface area contributed by atoms with Crippen LogP contribution in [0.15, 0.2) is 79.0 Å². The topological polar surface area (TPSA) is 101 Å². The number of urea groups is 1. The van der Waals surface area contributed by atoms with Gasteiger partial charge in [-0.3, -0.25) is 0 Å². The zero-order chi connectivity index (χ0) is 25.5. The highest BCUT2D eigenvalue weighted by atomic mass is 16.5. The molecule has 2 amide bonds. The minimum Gasteiger partial charge on any atom is -0.457 e. The highest BCUT2D eigenvalue weighted by Crippen LogP contribution is 2.30. The molecule has 0 saturated carbocycles. The van der Waals surface area contributed by atoms with Crippen molar-refractivity contribution < 1.29 is 14.3 Å². The van der Waals surface area contributed by atoms with E-state index in [2.05, 4.69) is 20.5 Å². The lowest BCUT2D eigenvalue weighted by Gasteiger charge is -2.14. The van der Waals surface area contributed by atoms with Crippen molar-refractivity contribution in [1.29, 1.82) is 5.26 Å². The fourth-order valence-corrected chi connectivity index (χ4v) is 3.23. The number of amides is 2. The number of nitriles is 1. The average molecular weight is 476 g/mol. The van der Waals surface area contributed by atoms with Crippen LogP contribution in [0.25, 0.3) is 4.85 Å². The maximum Gasteiger partial charge on any atom is 0.323 e. The van der Waals surface area contributed by atoms with E-state index in [1.807, 2.05) is 38.1 Å². The Bertz CT molecular complexity index is 1480. The van der Waals surface area contributed by atoms with Gasteiger partial charge in [0.15, 0.2) is 5.69 Å². The van der Waals surface area contributed by atoms with Crippen LogP contribution in [0.3, 0.4) is 0 Å². The summed E-state index contributed by atoms with van der Waals surface area (Å²) in [6.45, 7) is 10.8. The molecule has 36 heavy (non-hydrogen) atoms. The molecule has 8 heteroatoms. The Morgan fingerprint density at radius 2 is 1.61 bits per heavy atom. The molecule has 4 rings (SSSR count). The first-order chi connectivity index (χ1) is 17.4. The average Bonchev–Trinajstić information content (AvgIpc) is 2.89. The van der Waals surface area contributed by atoms with Gasteiger partial charge in [-0.05, 0) is 61.4 Å². The van der Waals surface area contributed by atoms with Gasteiger partial charge in [-0.2, -0.15) is 5.26 Å². The standard InChI is InChI=1S/C28H21N5O3/c1-18-5-10-24(35-23-11-7-20(30-3)8-12-23)15-26(18)33-28(34)32-21-6-4-19(2)27(14-21)36-25-13-9-22(16-29)31-17-25/h4-15,17H,1-2H3,(H2,32,33,34). The van der Waals surface area contributed by atoms with Crippen molar-refractivity contribution in [1.82, 2.24) is 4.98 Å². The molecule has 0 aliphatic carbocycles. The van der Waals surface area contributed by atoms with E-state index in [0.717, 1.165) is 11.1 Å². The number of nitrogens with one attached hydrogen (secondary N) is 2. The van der Waals surface area contributed by atoms with Crippen LogP contribution < -0.4 is 20.1 Å². The highest BCUT2D eigenvalue weighted by Gasteiger charge is 2.10. The van der Waals surface area contributed by atoms with E-state index in [1.165, 1.54) is 6.20 Å². The van der Waals surface area contributed by atoms with Crippen molar-refractivity contribution in [2.24, 2.45) is 0 Å². The van der Waals surface area contributed by atoms with Crippen molar-refractivity contribution in [3.8, 4) is 29.1 Å². The molecule has 176 valence electrons. The highest BCUT2D eigenvalue weighted by molar-refractivity contribution is 6.00. The Labute approximate surface area is 208 Å². The third-order valence-corrected chi connectivity index (χ3v) is 5.18. The second kappa shape index (κ2) is 10.7. The Hall–Kier alpha value is -5.34. The molecule has 0 radical (unpaired) electrons. The van der Waals surface area contributed by atoms with Crippen LogP contribution in [-0.4, -0.2) is 11.0 Å². The predicted molar refractivity (Wildman–Crippen MR) is 137 cm³/mol. The number of hydrogen-bond acceptors (Lipinski definition) is 5. The minimum atomic E-state index is -0.425. The number of carbonyl (C=O) groups excluding carboxylic acids is 1. The molecule has 0 fully saturated rings. The van der Waals surface area contributed by atoms with Crippen LogP contribution in [0, 0.1) is 31.8 Å². The number of anilines is 2. The second-order valence-electron chi connectivity index (χ2n) is 7.84. The van der Waals surface area contributed by atoms with Gasteiger partial charge in [-0.1, -0.05) is 24.3 Å². The molecular weight excluding hydrogens is 454 g/mol. The van der Waals surface area contributed by atoms with E-state index in [9.17, 15) is 4.79 Å². The number of ether oxygens (including phenoxy) is 2. The van der Waals surface area contributed by atoms with Crippen molar-refractivity contribution >= 4 is 23.1 Å². The lowest BCUT2D eigenvalue weighted by molar-refractivity contribution is 0.262. The number of rotatable bonds is 6. The van der Waals surface area contributed by atoms with E-state index in [0.29, 0.717) is 45.8 Å². The van der Waals surface area contributed by atoms with Gasteiger partial charge in [-0.15, -0.1) is 0 Å². The Morgan fingerprint density at radius 3 is 2.31 bits per heavy atom.